The highest BCUT2D eigenvalue weighted by molar-refractivity contribution is 9.10. The molecule has 0 saturated carbocycles. The number of nitrogens with zero attached hydrogens (tertiary/aromatic N) is 2. The molecule has 0 bridgehead atoms. The van der Waals surface area contributed by atoms with E-state index in [9.17, 15) is 22.4 Å². The summed E-state index contributed by atoms with van der Waals surface area (Å²) in [5, 5.41) is 2.85. The number of nitrogens with one attached hydrogen (secondary N) is 1. The summed E-state index contributed by atoms with van der Waals surface area (Å²) >= 11 is 3.43. The third-order valence-electron chi connectivity index (χ3n) is 5.82. The first kappa shape index (κ1) is 29.3. The number of carbonyl (C=O) groups excluding carboxylic acids is 2. The molecule has 2 amide bonds. The Morgan fingerprint density at radius 2 is 1.61 bits per heavy atom. The molecule has 202 valence electrons. The summed E-state index contributed by atoms with van der Waals surface area (Å²) in [5.74, 6) is -1.26. The molecule has 3 aromatic rings. The molecule has 10 heteroatoms. The molecule has 0 radical (unpaired) electrons. The number of benzene rings is 3. The summed E-state index contributed by atoms with van der Waals surface area (Å²) in [6, 6.07) is 19.1. The first-order chi connectivity index (χ1) is 18.0. The van der Waals surface area contributed by atoms with Crippen LogP contribution in [0, 0.1) is 11.7 Å². The van der Waals surface area contributed by atoms with Gasteiger partial charge in [-0.15, -0.1) is 0 Å². The van der Waals surface area contributed by atoms with Gasteiger partial charge in [-0.2, -0.15) is 0 Å². The van der Waals surface area contributed by atoms with Gasteiger partial charge in [-0.3, -0.25) is 13.9 Å². The second-order valence-electron chi connectivity index (χ2n) is 9.27. The van der Waals surface area contributed by atoms with E-state index in [0.717, 1.165) is 38.6 Å². The van der Waals surface area contributed by atoms with Crippen molar-refractivity contribution in [3.8, 4) is 0 Å². The predicted molar refractivity (Wildman–Crippen MR) is 149 cm³/mol. The Bertz CT molecular complexity index is 1350. The Labute approximate surface area is 231 Å². The van der Waals surface area contributed by atoms with Crippen LogP contribution in [0.3, 0.4) is 0 Å². The zero-order valence-electron chi connectivity index (χ0n) is 21.5. The van der Waals surface area contributed by atoms with E-state index < -0.39 is 34.3 Å². The van der Waals surface area contributed by atoms with Gasteiger partial charge >= 0.3 is 0 Å². The van der Waals surface area contributed by atoms with E-state index in [2.05, 4.69) is 21.2 Å². The molecule has 0 fully saturated rings. The van der Waals surface area contributed by atoms with Gasteiger partial charge in [0.1, 0.15) is 18.4 Å². The average Bonchev–Trinajstić information content (AvgIpc) is 2.89. The number of hydrogen-bond acceptors (Lipinski definition) is 4. The third-order valence-corrected chi connectivity index (χ3v) is 8.10. The number of halogens is 2. The van der Waals surface area contributed by atoms with E-state index in [1.54, 1.807) is 37.3 Å². The lowest BCUT2D eigenvalue weighted by atomic mass is 10.1. The maximum Gasteiger partial charge on any atom is 0.264 e. The molecular formula is C28H31BrFN3O4S. The van der Waals surface area contributed by atoms with Crippen LogP contribution < -0.4 is 9.62 Å². The average molecular weight is 605 g/mol. The minimum absolute atomic E-state index is 0.0910. The molecule has 0 aliphatic carbocycles. The predicted octanol–water partition coefficient (Wildman–Crippen LogP) is 4.97. The summed E-state index contributed by atoms with van der Waals surface area (Å²) in [5.41, 5.74) is 1.04. The molecule has 0 spiro atoms. The lowest BCUT2D eigenvalue weighted by Crippen LogP contribution is -2.51. The normalized spacial score (nSPS) is 12.2. The molecule has 0 aromatic heterocycles. The molecule has 3 rings (SSSR count). The van der Waals surface area contributed by atoms with Gasteiger partial charge in [0.15, 0.2) is 0 Å². The zero-order chi connectivity index (χ0) is 27.9. The maximum absolute atomic E-state index is 13.8. The van der Waals surface area contributed by atoms with Crippen LogP contribution in [0.1, 0.15) is 26.3 Å². The van der Waals surface area contributed by atoms with Crippen LogP contribution in [0.2, 0.25) is 0 Å². The van der Waals surface area contributed by atoms with Crippen molar-refractivity contribution >= 4 is 43.5 Å². The number of rotatable bonds is 11. The Hall–Kier alpha value is -3.24. The number of carbonyl (C=O) groups is 2. The van der Waals surface area contributed by atoms with Gasteiger partial charge in [-0.1, -0.05) is 60.1 Å². The molecule has 0 aliphatic rings. The van der Waals surface area contributed by atoms with Crippen molar-refractivity contribution in [3.05, 3.63) is 94.7 Å². The summed E-state index contributed by atoms with van der Waals surface area (Å²) < 4.78 is 42.6. The van der Waals surface area contributed by atoms with Crippen LogP contribution in [0.25, 0.3) is 0 Å². The minimum Gasteiger partial charge on any atom is -0.354 e. The topological polar surface area (TPSA) is 86.8 Å². The first-order valence-electron chi connectivity index (χ1n) is 12.1. The van der Waals surface area contributed by atoms with Crippen molar-refractivity contribution in [1.82, 2.24) is 10.2 Å². The van der Waals surface area contributed by atoms with Crippen molar-refractivity contribution in [1.29, 1.82) is 0 Å². The molecule has 7 nitrogen and oxygen atoms in total. The van der Waals surface area contributed by atoms with Crippen LogP contribution in [0.5, 0.6) is 0 Å². The third kappa shape index (κ3) is 7.64. The second-order valence-corrected chi connectivity index (χ2v) is 12.0. The SMILES string of the molecule is CC(C)CNC(=O)C(C)N(Cc1cccc(Br)c1)C(=O)CN(c1ccccc1)S(=O)(=O)c1ccc(F)cc1. The number of amides is 2. The Balaban J connectivity index is 1.98. The quantitative estimate of drug-likeness (QED) is 0.335. The summed E-state index contributed by atoms with van der Waals surface area (Å²) in [6.07, 6.45) is 0. The Kier molecular flexibility index (Phi) is 10.0. The molecule has 0 saturated heterocycles. The van der Waals surface area contributed by atoms with Crippen LogP contribution in [-0.4, -0.2) is 44.3 Å². The van der Waals surface area contributed by atoms with Crippen molar-refractivity contribution in [2.24, 2.45) is 5.92 Å². The van der Waals surface area contributed by atoms with E-state index in [-0.39, 0.29) is 29.0 Å². The molecule has 1 unspecified atom stereocenters. The van der Waals surface area contributed by atoms with Crippen molar-refractivity contribution in [3.63, 3.8) is 0 Å². The van der Waals surface area contributed by atoms with Gasteiger partial charge < -0.3 is 10.2 Å². The maximum atomic E-state index is 13.8. The van der Waals surface area contributed by atoms with E-state index in [1.165, 1.54) is 4.90 Å². The standard InChI is InChI=1S/C28H31BrFN3O4S/c1-20(2)17-31-28(35)21(3)32(18-22-8-7-9-23(29)16-22)27(34)19-33(25-10-5-4-6-11-25)38(36,37)26-14-12-24(30)13-15-26/h4-16,20-21H,17-19H2,1-3H3,(H,31,35). The molecule has 3 aromatic carbocycles. The van der Waals surface area contributed by atoms with Crippen molar-refractivity contribution < 1.29 is 22.4 Å². The van der Waals surface area contributed by atoms with Crippen LogP contribution in [0.4, 0.5) is 10.1 Å². The fourth-order valence-corrected chi connectivity index (χ4v) is 5.58. The molecule has 0 heterocycles. The Morgan fingerprint density at radius 3 is 2.21 bits per heavy atom. The van der Waals surface area contributed by atoms with E-state index in [1.807, 2.05) is 38.1 Å². The van der Waals surface area contributed by atoms with E-state index in [0.29, 0.717) is 6.54 Å². The Morgan fingerprint density at radius 1 is 0.947 bits per heavy atom. The van der Waals surface area contributed by atoms with Gasteiger partial charge in [0.2, 0.25) is 11.8 Å². The van der Waals surface area contributed by atoms with Gasteiger partial charge in [0.25, 0.3) is 10.0 Å². The molecule has 0 aliphatic heterocycles. The highest BCUT2D eigenvalue weighted by atomic mass is 79.9. The summed E-state index contributed by atoms with van der Waals surface area (Å²) in [4.78, 5) is 28.0. The zero-order valence-corrected chi connectivity index (χ0v) is 23.9. The molecule has 1 N–H and O–H groups in total. The molecule has 1 atom stereocenters. The number of para-hydroxylation sites is 1. The van der Waals surface area contributed by atoms with Gasteiger partial charge in [-0.05, 0) is 66.9 Å². The highest BCUT2D eigenvalue weighted by Crippen LogP contribution is 2.25. The van der Waals surface area contributed by atoms with E-state index >= 15 is 0 Å². The van der Waals surface area contributed by atoms with Gasteiger partial charge in [0, 0.05) is 17.6 Å². The van der Waals surface area contributed by atoms with Crippen molar-refractivity contribution in [2.45, 2.75) is 38.3 Å². The van der Waals surface area contributed by atoms with Gasteiger partial charge in [-0.25, -0.2) is 12.8 Å². The first-order valence-corrected chi connectivity index (χ1v) is 14.4. The minimum atomic E-state index is -4.24. The summed E-state index contributed by atoms with van der Waals surface area (Å²) in [7, 11) is -4.24. The highest BCUT2D eigenvalue weighted by Gasteiger charge is 2.32. The lowest BCUT2D eigenvalue weighted by molar-refractivity contribution is -0.139. The van der Waals surface area contributed by atoms with Crippen LogP contribution in [0.15, 0.2) is 88.2 Å². The fourth-order valence-electron chi connectivity index (χ4n) is 3.72. The summed E-state index contributed by atoms with van der Waals surface area (Å²) in [6.45, 7) is 5.53. The van der Waals surface area contributed by atoms with Crippen LogP contribution >= 0.6 is 15.9 Å². The van der Waals surface area contributed by atoms with Crippen LogP contribution in [-0.2, 0) is 26.2 Å². The van der Waals surface area contributed by atoms with Crippen molar-refractivity contribution in [2.75, 3.05) is 17.4 Å². The number of anilines is 1. The van der Waals surface area contributed by atoms with E-state index in [4.69, 9.17) is 0 Å². The molecule has 38 heavy (non-hydrogen) atoms. The van der Waals surface area contributed by atoms with Gasteiger partial charge in [0.05, 0.1) is 10.6 Å². The monoisotopic (exact) mass is 603 g/mol. The smallest absolute Gasteiger partial charge is 0.264 e. The number of sulfonamides is 1. The number of hydrogen-bond donors (Lipinski definition) is 1. The second kappa shape index (κ2) is 13.0. The lowest BCUT2D eigenvalue weighted by Gasteiger charge is -2.32. The molecular weight excluding hydrogens is 573 g/mol. The fraction of sp³-hybridized carbons (Fsp3) is 0.286. The largest absolute Gasteiger partial charge is 0.354 e.